The van der Waals surface area contributed by atoms with Gasteiger partial charge in [0.2, 0.25) is 5.04 Å². The highest BCUT2D eigenvalue weighted by molar-refractivity contribution is 8.14. The van der Waals surface area contributed by atoms with Crippen molar-refractivity contribution >= 4 is 22.7 Å². The van der Waals surface area contributed by atoms with Crippen LogP contribution < -0.4 is 0 Å². The van der Waals surface area contributed by atoms with E-state index in [1.807, 2.05) is 16.3 Å². The van der Waals surface area contributed by atoms with E-state index in [0.29, 0.717) is 12.3 Å². The first-order valence-electron chi connectivity index (χ1n) is 2.67. The van der Waals surface area contributed by atoms with Gasteiger partial charge in [0.25, 0.3) is 0 Å². The summed E-state index contributed by atoms with van der Waals surface area (Å²) in [5, 5.41) is 1.29. The molecular formula is C5H6NOS+. The molecule has 2 aliphatic rings. The zero-order valence-electron chi connectivity index (χ0n) is 4.39. The lowest BCUT2D eigenvalue weighted by Crippen LogP contribution is -2.34. The second-order valence-corrected chi connectivity index (χ2v) is 3.13. The number of rotatable bonds is 0. The van der Waals surface area contributed by atoms with Crippen LogP contribution in [0.15, 0.2) is 0 Å². The standard InChI is InChI=1S/C5H6NOS/c7-4-3-5-6(4)1-2-8-5/h1-3H2/q+1. The Kier molecular flexibility index (Phi) is 0.766. The number of hydrogen-bond acceptors (Lipinski definition) is 2. The van der Waals surface area contributed by atoms with E-state index in [2.05, 4.69) is 0 Å². The minimum atomic E-state index is 0.310. The molecule has 42 valence electrons. The summed E-state index contributed by atoms with van der Waals surface area (Å²) in [7, 11) is 0. The molecule has 2 heterocycles. The van der Waals surface area contributed by atoms with E-state index >= 15 is 0 Å². The predicted octanol–water partition coefficient (Wildman–Crippen LogP) is 0.0745. The van der Waals surface area contributed by atoms with Crippen molar-refractivity contribution in [2.24, 2.45) is 0 Å². The Morgan fingerprint density at radius 3 is 3.00 bits per heavy atom. The van der Waals surface area contributed by atoms with Gasteiger partial charge >= 0.3 is 5.91 Å². The largest absolute Gasteiger partial charge is 0.398 e. The summed E-state index contributed by atoms with van der Waals surface area (Å²) in [5.74, 6) is 1.42. The van der Waals surface area contributed by atoms with Crippen LogP contribution in [0.25, 0.3) is 0 Å². The van der Waals surface area contributed by atoms with Gasteiger partial charge in [-0.25, -0.2) is 4.79 Å². The van der Waals surface area contributed by atoms with Crippen LogP contribution in [0.1, 0.15) is 6.42 Å². The third kappa shape index (κ3) is 0.400. The Morgan fingerprint density at radius 2 is 2.50 bits per heavy atom. The van der Waals surface area contributed by atoms with E-state index < -0.39 is 0 Å². The molecule has 0 saturated heterocycles. The van der Waals surface area contributed by atoms with Crippen LogP contribution in [-0.4, -0.2) is 27.8 Å². The number of carbonyl (C=O) groups excluding carboxylic acids is 1. The number of hydrogen-bond donors (Lipinski definition) is 0. The summed E-state index contributed by atoms with van der Waals surface area (Å²) in [6, 6.07) is 0. The maximum absolute atomic E-state index is 10.6. The molecule has 0 fully saturated rings. The molecule has 8 heavy (non-hydrogen) atoms. The van der Waals surface area contributed by atoms with Crippen LogP contribution in [-0.2, 0) is 4.79 Å². The van der Waals surface area contributed by atoms with Gasteiger partial charge in [-0.1, -0.05) is 11.8 Å². The van der Waals surface area contributed by atoms with Crippen molar-refractivity contribution in [1.29, 1.82) is 0 Å². The maximum Gasteiger partial charge on any atom is 0.398 e. The lowest BCUT2D eigenvalue weighted by molar-refractivity contribution is -0.455. The molecule has 3 heteroatoms. The molecule has 0 aliphatic carbocycles. The minimum absolute atomic E-state index is 0.310. The molecular weight excluding hydrogens is 122 g/mol. The summed E-state index contributed by atoms with van der Waals surface area (Å²) < 4.78 is 1.87. The molecule has 0 N–H and O–H groups in total. The second-order valence-electron chi connectivity index (χ2n) is 1.96. The fourth-order valence-corrected chi connectivity index (χ4v) is 2.09. The van der Waals surface area contributed by atoms with Crippen molar-refractivity contribution in [3.8, 4) is 0 Å². The number of carbonyl (C=O) groups is 1. The topological polar surface area (TPSA) is 20.1 Å². The van der Waals surface area contributed by atoms with Crippen LogP contribution in [0.5, 0.6) is 0 Å². The van der Waals surface area contributed by atoms with Crippen molar-refractivity contribution in [1.82, 2.24) is 0 Å². The van der Waals surface area contributed by atoms with E-state index in [1.54, 1.807) is 0 Å². The summed E-state index contributed by atoms with van der Waals surface area (Å²) in [6.45, 7) is 0.957. The third-order valence-electron chi connectivity index (χ3n) is 1.49. The molecule has 0 aromatic rings. The highest BCUT2D eigenvalue weighted by Crippen LogP contribution is 2.22. The van der Waals surface area contributed by atoms with E-state index in [9.17, 15) is 4.79 Å². The highest BCUT2D eigenvalue weighted by atomic mass is 32.2. The monoisotopic (exact) mass is 128 g/mol. The zero-order valence-corrected chi connectivity index (χ0v) is 5.20. The minimum Gasteiger partial charge on any atom is -0.219 e. The smallest absolute Gasteiger partial charge is 0.219 e. The maximum atomic E-state index is 10.6. The SMILES string of the molecule is O=C1CC2=[N+]1CCS2. The molecule has 0 atom stereocenters. The van der Waals surface area contributed by atoms with Crippen LogP contribution in [0.3, 0.4) is 0 Å². The molecule has 1 amide bonds. The third-order valence-corrected chi connectivity index (χ3v) is 2.57. The molecule has 0 aromatic carbocycles. The van der Waals surface area contributed by atoms with Gasteiger partial charge < -0.3 is 0 Å². The van der Waals surface area contributed by atoms with Crippen molar-refractivity contribution in [3.05, 3.63) is 0 Å². The molecule has 0 unspecified atom stereocenters. The Bertz CT molecular complexity index is 185. The molecule has 2 aliphatic heterocycles. The van der Waals surface area contributed by atoms with Crippen molar-refractivity contribution < 1.29 is 9.37 Å². The first kappa shape index (κ1) is 4.56. The number of nitrogens with zero attached hydrogens (tertiary/aromatic N) is 1. The van der Waals surface area contributed by atoms with Gasteiger partial charge in [0.1, 0.15) is 0 Å². The highest BCUT2D eigenvalue weighted by Gasteiger charge is 2.41. The first-order chi connectivity index (χ1) is 3.88. The Hall–Kier alpha value is -0.310. The number of thioether (sulfide) groups is 1. The van der Waals surface area contributed by atoms with Crippen molar-refractivity contribution in [3.63, 3.8) is 0 Å². The van der Waals surface area contributed by atoms with Gasteiger partial charge in [0.05, 0.1) is 5.75 Å². The normalized spacial score (nSPS) is 25.8. The number of amides is 1. The predicted molar refractivity (Wildman–Crippen MR) is 32.2 cm³/mol. The van der Waals surface area contributed by atoms with Gasteiger partial charge in [0.15, 0.2) is 13.0 Å². The Balaban J connectivity index is 2.36. The molecule has 0 aromatic heterocycles. The second kappa shape index (κ2) is 1.35. The average molecular weight is 128 g/mol. The van der Waals surface area contributed by atoms with Crippen LogP contribution >= 0.6 is 11.8 Å². The van der Waals surface area contributed by atoms with Gasteiger partial charge in [-0.2, -0.15) is 4.58 Å². The summed E-state index contributed by atoms with van der Waals surface area (Å²) >= 11 is 1.82. The van der Waals surface area contributed by atoms with Gasteiger partial charge in [-0.05, 0) is 0 Å². The lowest BCUT2D eigenvalue weighted by atomic mass is 10.3. The summed E-state index contributed by atoms with van der Waals surface area (Å²) in [6.07, 6.45) is 0.713. The molecule has 2 nitrogen and oxygen atoms in total. The van der Waals surface area contributed by atoms with Gasteiger partial charge in [0, 0.05) is 0 Å². The van der Waals surface area contributed by atoms with E-state index in [1.165, 1.54) is 5.04 Å². The fraction of sp³-hybridized carbons (Fsp3) is 0.600. The zero-order chi connectivity index (χ0) is 5.56. The fourth-order valence-electron chi connectivity index (χ4n) is 1.00. The van der Waals surface area contributed by atoms with Gasteiger partial charge in [-0.15, -0.1) is 0 Å². The van der Waals surface area contributed by atoms with Crippen LogP contribution in [0.4, 0.5) is 0 Å². The summed E-state index contributed by atoms with van der Waals surface area (Å²) in [4.78, 5) is 10.6. The van der Waals surface area contributed by atoms with Crippen LogP contribution in [0, 0.1) is 0 Å². The average Bonchev–Trinajstić information content (AvgIpc) is 2.09. The van der Waals surface area contributed by atoms with E-state index in [4.69, 9.17) is 0 Å². The Labute approximate surface area is 51.6 Å². The quantitative estimate of drug-likeness (QED) is 0.430. The summed E-state index contributed by atoms with van der Waals surface area (Å²) in [5.41, 5.74) is 0. The van der Waals surface area contributed by atoms with Crippen molar-refractivity contribution in [2.45, 2.75) is 6.42 Å². The molecule has 0 saturated carbocycles. The van der Waals surface area contributed by atoms with Gasteiger partial charge in [-0.3, -0.25) is 0 Å². The molecule has 0 spiro atoms. The van der Waals surface area contributed by atoms with Crippen molar-refractivity contribution in [2.75, 3.05) is 12.3 Å². The first-order valence-corrected chi connectivity index (χ1v) is 3.65. The van der Waals surface area contributed by atoms with E-state index in [-0.39, 0.29) is 0 Å². The Morgan fingerprint density at radius 1 is 1.62 bits per heavy atom. The molecule has 0 bridgehead atoms. The van der Waals surface area contributed by atoms with E-state index in [0.717, 1.165) is 12.3 Å². The molecule has 0 radical (unpaired) electrons. The lowest BCUT2D eigenvalue weighted by Gasteiger charge is -2.02. The van der Waals surface area contributed by atoms with Crippen LogP contribution in [0.2, 0.25) is 0 Å². The molecule has 2 rings (SSSR count).